The predicted octanol–water partition coefficient (Wildman–Crippen LogP) is 6.32. The van der Waals surface area contributed by atoms with E-state index in [1.807, 2.05) is 73.9 Å². The van der Waals surface area contributed by atoms with Gasteiger partial charge in [-0.1, -0.05) is 43.3 Å². The third kappa shape index (κ3) is 6.42. The lowest BCUT2D eigenvalue weighted by Crippen LogP contribution is -2.30. The number of aryl methyl sites for hydroxylation is 1. The van der Waals surface area contributed by atoms with Crippen LogP contribution in [0.25, 0.3) is 11.0 Å². The predicted molar refractivity (Wildman–Crippen MR) is 143 cm³/mol. The van der Waals surface area contributed by atoms with Crippen LogP contribution in [0.5, 0.6) is 0 Å². The zero-order chi connectivity index (χ0) is 26.6. The molecule has 0 aliphatic carbocycles. The molecule has 0 N–H and O–H groups in total. The number of carbonyl (C=O) groups excluding carboxylic acids is 2. The van der Waals surface area contributed by atoms with Gasteiger partial charge in [-0.05, 0) is 69.2 Å². The summed E-state index contributed by atoms with van der Waals surface area (Å²) in [5, 5.41) is 0. The number of nitrogens with zero attached hydrogens (tertiary/aromatic N) is 3. The molecule has 1 heterocycles. The van der Waals surface area contributed by atoms with Gasteiger partial charge in [-0.2, -0.15) is 0 Å². The van der Waals surface area contributed by atoms with E-state index in [1.165, 1.54) is 18.2 Å². The maximum Gasteiger partial charge on any atom is 0.326 e. The second-order valence-electron chi connectivity index (χ2n) is 10.0. The van der Waals surface area contributed by atoms with Crippen LogP contribution in [0.15, 0.2) is 72.8 Å². The van der Waals surface area contributed by atoms with E-state index >= 15 is 0 Å². The summed E-state index contributed by atoms with van der Waals surface area (Å²) in [6.07, 6.45) is 1.56. The van der Waals surface area contributed by atoms with E-state index in [0.717, 1.165) is 23.3 Å². The number of benzene rings is 3. The molecule has 0 bridgehead atoms. The summed E-state index contributed by atoms with van der Waals surface area (Å²) in [7, 11) is 0. The summed E-state index contributed by atoms with van der Waals surface area (Å²) in [6.45, 7) is 7.94. The Hall–Kier alpha value is -4.00. The number of amides is 1. The Labute approximate surface area is 216 Å². The first-order chi connectivity index (χ1) is 17.6. The maximum atomic E-state index is 13.9. The van der Waals surface area contributed by atoms with Crippen LogP contribution in [0.1, 0.15) is 55.9 Å². The maximum absolute atomic E-state index is 13.9. The molecular weight excluding hydrogens is 469 g/mol. The van der Waals surface area contributed by atoms with E-state index in [0.29, 0.717) is 24.2 Å². The molecule has 7 heteroatoms. The summed E-state index contributed by atoms with van der Waals surface area (Å²) in [6, 6.07) is 20.9. The molecule has 0 spiro atoms. The number of rotatable bonds is 8. The van der Waals surface area contributed by atoms with Gasteiger partial charge in [-0.3, -0.25) is 9.59 Å². The average molecular weight is 502 g/mol. The Morgan fingerprint density at radius 1 is 1.00 bits per heavy atom. The molecule has 1 amide bonds. The zero-order valence-corrected chi connectivity index (χ0v) is 21.7. The molecule has 0 saturated carbocycles. The molecule has 192 valence electrons. The van der Waals surface area contributed by atoms with Crippen molar-refractivity contribution in [2.24, 2.45) is 0 Å². The van der Waals surface area contributed by atoms with Crippen LogP contribution in [0, 0.1) is 5.82 Å². The third-order valence-electron chi connectivity index (χ3n) is 5.80. The van der Waals surface area contributed by atoms with Crippen molar-refractivity contribution in [3.8, 4) is 0 Å². The summed E-state index contributed by atoms with van der Waals surface area (Å²) in [4.78, 5) is 32.6. The lowest BCUT2D eigenvalue weighted by atomic mass is 10.1. The van der Waals surface area contributed by atoms with Gasteiger partial charge in [0.25, 0.3) is 5.91 Å². The van der Waals surface area contributed by atoms with Crippen LogP contribution in [-0.2, 0) is 29.0 Å². The normalized spacial score (nSPS) is 11.5. The molecule has 0 radical (unpaired) electrons. The van der Waals surface area contributed by atoms with Gasteiger partial charge in [0.1, 0.15) is 23.8 Å². The lowest BCUT2D eigenvalue weighted by Gasteiger charge is -2.23. The zero-order valence-electron chi connectivity index (χ0n) is 21.7. The molecule has 0 saturated heterocycles. The minimum absolute atomic E-state index is 0.0540. The minimum atomic E-state index is -0.583. The molecule has 4 aromatic rings. The molecule has 0 atom stereocenters. The van der Waals surface area contributed by atoms with Gasteiger partial charge in [0, 0.05) is 17.7 Å². The van der Waals surface area contributed by atoms with Gasteiger partial charge < -0.3 is 14.2 Å². The van der Waals surface area contributed by atoms with Gasteiger partial charge in [0.05, 0.1) is 17.6 Å². The van der Waals surface area contributed by atoms with Crippen molar-refractivity contribution in [2.45, 2.75) is 59.2 Å². The highest BCUT2D eigenvalue weighted by molar-refractivity contribution is 6.06. The fraction of sp³-hybridized carbons (Fsp3) is 0.300. The van der Waals surface area contributed by atoms with Gasteiger partial charge in [-0.25, -0.2) is 9.37 Å². The summed E-state index contributed by atoms with van der Waals surface area (Å²) < 4.78 is 21.4. The smallest absolute Gasteiger partial charge is 0.326 e. The van der Waals surface area contributed by atoms with E-state index in [4.69, 9.17) is 9.72 Å². The number of carbonyl (C=O) groups is 2. The van der Waals surface area contributed by atoms with E-state index in [2.05, 4.69) is 6.92 Å². The Balaban J connectivity index is 1.75. The second-order valence-corrected chi connectivity index (χ2v) is 10.0. The van der Waals surface area contributed by atoms with Crippen molar-refractivity contribution in [1.29, 1.82) is 0 Å². The van der Waals surface area contributed by atoms with E-state index < -0.39 is 11.4 Å². The molecule has 1 aromatic heterocycles. The van der Waals surface area contributed by atoms with Gasteiger partial charge in [0.2, 0.25) is 0 Å². The largest absolute Gasteiger partial charge is 0.459 e. The lowest BCUT2D eigenvalue weighted by molar-refractivity contribution is -0.155. The molecule has 0 fully saturated rings. The number of hydrogen-bond donors (Lipinski definition) is 0. The van der Waals surface area contributed by atoms with Gasteiger partial charge in [-0.15, -0.1) is 0 Å². The van der Waals surface area contributed by atoms with Gasteiger partial charge >= 0.3 is 5.97 Å². The van der Waals surface area contributed by atoms with Crippen LogP contribution < -0.4 is 4.90 Å². The first-order valence-electron chi connectivity index (χ1n) is 12.5. The van der Waals surface area contributed by atoms with Crippen LogP contribution >= 0.6 is 0 Å². The first kappa shape index (κ1) is 26.1. The van der Waals surface area contributed by atoms with E-state index in [9.17, 15) is 14.0 Å². The van der Waals surface area contributed by atoms with Crippen LogP contribution in [0.2, 0.25) is 0 Å². The van der Waals surface area contributed by atoms with Crippen LogP contribution in [0.4, 0.5) is 10.1 Å². The third-order valence-corrected chi connectivity index (χ3v) is 5.80. The second kappa shape index (κ2) is 10.9. The van der Waals surface area contributed by atoms with Crippen LogP contribution in [-0.4, -0.2) is 27.0 Å². The fourth-order valence-electron chi connectivity index (χ4n) is 4.25. The van der Waals surface area contributed by atoms with Gasteiger partial charge in [0.15, 0.2) is 0 Å². The Kier molecular flexibility index (Phi) is 7.71. The quantitative estimate of drug-likeness (QED) is 0.265. The van der Waals surface area contributed by atoms with Crippen molar-refractivity contribution in [3.63, 3.8) is 0 Å². The van der Waals surface area contributed by atoms with Crippen molar-refractivity contribution in [1.82, 2.24) is 9.55 Å². The van der Waals surface area contributed by atoms with E-state index in [-0.39, 0.29) is 24.0 Å². The minimum Gasteiger partial charge on any atom is -0.459 e. The van der Waals surface area contributed by atoms with Crippen molar-refractivity contribution >= 4 is 28.6 Å². The highest BCUT2D eigenvalue weighted by Crippen LogP contribution is 2.27. The molecule has 6 nitrogen and oxygen atoms in total. The molecular formula is C30H32FN3O3. The number of halogens is 1. The average Bonchev–Trinajstić information content (AvgIpc) is 3.17. The molecule has 0 aliphatic rings. The van der Waals surface area contributed by atoms with Crippen molar-refractivity contribution in [3.05, 3.63) is 95.6 Å². The number of fused-ring (bicyclic) bond motifs is 1. The topological polar surface area (TPSA) is 64.4 Å². The molecule has 37 heavy (non-hydrogen) atoms. The summed E-state index contributed by atoms with van der Waals surface area (Å²) >= 11 is 0. The molecule has 3 aromatic carbocycles. The number of ether oxygens (including phenoxy) is 1. The highest BCUT2D eigenvalue weighted by atomic mass is 19.1. The standard InChI is InChI=1S/C30H32FN3O3/c1-5-10-27-32-25-18-24(15-16-26(25)34(27)20-28(35)37-30(2,3)4)33(19-21-11-7-6-8-12-21)29(36)22-13-9-14-23(31)17-22/h6-9,11-18H,5,10,19-20H2,1-4H3. The fourth-order valence-corrected chi connectivity index (χ4v) is 4.25. The number of hydrogen-bond acceptors (Lipinski definition) is 4. The van der Waals surface area contributed by atoms with Crippen molar-refractivity contribution in [2.75, 3.05) is 4.90 Å². The monoisotopic (exact) mass is 501 g/mol. The molecule has 0 unspecified atom stereocenters. The van der Waals surface area contributed by atoms with E-state index in [1.54, 1.807) is 11.0 Å². The number of imidazole rings is 1. The summed E-state index contributed by atoms with van der Waals surface area (Å²) in [5.74, 6) is -0.331. The van der Waals surface area contributed by atoms with Crippen LogP contribution in [0.3, 0.4) is 0 Å². The molecule has 4 rings (SSSR count). The molecule has 0 aliphatic heterocycles. The number of esters is 1. The SMILES string of the molecule is CCCc1nc2cc(N(Cc3ccccc3)C(=O)c3cccc(F)c3)ccc2n1CC(=O)OC(C)(C)C. The highest BCUT2D eigenvalue weighted by Gasteiger charge is 2.22. The Morgan fingerprint density at radius 3 is 2.43 bits per heavy atom. The first-order valence-corrected chi connectivity index (χ1v) is 12.5. The summed E-state index contributed by atoms with van der Waals surface area (Å²) in [5.41, 5.74) is 2.72. The Morgan fingerprint density at radius 2 is 1.76 bits per heavy atom. The number of aromatic nitrogens is 2. The Bertz CT molecular complexity index is 1410. The number of anilines is 1. The van der Waals surface area contributed by atoms with Crippen molar-refractivity contribution < 1.29 is 18.7 Å².